The van der Waals surface area contributed by atoms with Crippen LogP contribution in [0.4, 0.5) is 0 Å². The van der Waals surface area contributed by atoms with E-state index in [1.807, 2.05) is 36.0 Å². The van der Waals surface area contributed by atoms with Gasteiger partial charge in [0.05, 0.1) is 14.2 Å². The lowest BCUT2D eigenvalue weighted by Crippen LogP contribution is -2.13. The van der Waals surface area contributed by atoms with Crippen LogP contribution < -0.4 is 15.2 Å². The molecule has 0 saturated heterocycles. The van der Waals surface area contributed by atoms with E-state index in [4.69, 9.17) is 15.2 Å². The van der Waals surface area contributed by atoms with Gasteiger partial charge in [0, 0.05) is 31.2 Å². The number of hydrogen-bond donors (Lipinski definition) is 1. The van der Waals surface area contributed by atoms with Gasteiger partial charge in [-0.15, -0.1) is 0 Å². The van der Waals surface area contributed by atoms with Crippen LogP contribution in [-0.4, -0.2) is 29.5 Å². The standard InChI is InChI=1S/C14H19N3O2S/c1-17-7-6-16-14(17)20-9-11(15)10-4-5-12(18-2)13(8-10)19-3/h4-8,11H,9,15H2,1-3H3. The third kappa shape index (κ3) is 3.26. The van der Waals surface area contributed by atoms with E-state index in [1.165, 1.54) is 0 Å². The van der Waals surface area contributed by atoms with Crippen LogP contribution in [-0.2, 0) is 7.05 Å². The summed E-state index contributed by atoms with van der Waals surface area (Å²) in [6, 6.07) is 5.67. The van der Waals surface area contributed by atoms with Crippen molar-refractivity contribution < 1.29 is 9.47 Å². The lowest BCUT2D eigenvalue weighted by Gasteiger charge is -2.14. The van der Waals surface area contributed by atoms with Gasteiger partial charge in [0.15, 0.2) is 16.7 Å². The second-order valence-electron chi connectivity index (χ2n) is 4.35. The zero-order chi connectivity index (χ0) is 14.5. The molecule has 0 radical (unpaired) electrons. The molecule has 0 aliphatic heterocycles. The number of thioether (sulfide) groups is 1. The Balaban J connectivity index is 2.05. The highest BCUT2D eigenvalue weighted by Crippen LogP contribution is 2.31. The molecule has 1 aromatic heterocycles. The number of rotatable bonds is 6. The molecule has 2 N–H and O–H groups in total. The molecular weight excluding hydrogens is 274 g/mol. The van der Waals surface area contributed by atoms with Gasteiger partial charge in [0.2, 0.25) is 0 Å². The third-order valence-electron chi connectivity index (χ3n) is 3.00. The first-order valence-electron chi connectivity index (χ1n) is 6.23. The number of nitrogens with two attached hydrogens (primary N) is 1. The predicted octanol–water partition coefficient (Wildman–Crippen LogP) is 2.23. The molecule has 1 heterocycles. The Kier molecular flexibility index (Phi) is 4.92. The largest absolute Gasteiger partial charge is 0.493 e. The van der Waals surface area contributed by atoms with E-state index >= 15 is 0 Å². The van der Waals surface area contributed by atoms with Crippen molar-refractivity contribution in [2.24, 2.45) is 12.8 Å². The summed E-state index contributed by atoms with van der Waals surface area (Å²) in [5.41, 5.74) is 7.24. The fourth-order valence-corrected chi connectivity index (χ4v) is 2.76. The number of hydrogen-bond acceptors (Lipinski definition) is 5. The molecule has 5 nitrogen and oxygen atoms in total. The van der Waals surface area contributed by atoms with E-state index in [1.54, 1.807) is 32.2 Å². The van der Waals surface area contributed by atoms with E-state index in [-0.39, 0.29) is 6.04 Å². The van der Waals surface area contributed by atoms with Gasteiger partial charge in [-0.3, -0.25) is 0 Å². The second kappa shape index (κ2) is 6.67. The second-order valence-corrected chi connectivity index (χ2v) is 5.34. The summed E-state index contributed by atoms with van der Waals surface area (Å²) in [6.45, 7) is 0. The summed E-state index contributed by atoms with van der Waals surface area (Å²) in [7, 11) is 5.21. The van der Waals surface area contributed by atoms with Crippen LogP contribution in [0.2, 0.25) is 0 Å². The van der Waals surface area contributed by atoms with Gasteiger partial charge >= 0.3 is 0 Å². The Morgan fingerprint density at radius 3 is 2.65 bits per heavy atom. The lowest BCUT2D eigenvalue weighted by atomic mass is 10.1. The highest BCUT2D eigenvalue weighted by Gasteiger charge is 2.12. The van der Waals surface area contributed by atoms with E-state index < -0.39 is 0 Å². The van der Waals surface area contributed by atoms with Gasteiger partial charge in [-0.05, 0) is 17.7 Å². The maximum atomic E-state index is 6.22. The van der Waals surface area contributed by atoms with Crippen molar-refractivity contribution in [1.82, 2.24) is 9.55 Å². The van der Waals surface area contributed by atoms with Crippen LogP contribution in [0.15, 0.2) is 35.7 Å². The Morgan fingerprint density at radius 1 is 1.30 bits per heavy atom. The highest BCUT2D eigenvalue weighted by atomic mass is 32.2. The average Bonchev–Trinajstić information content (AvgIpc) is 2.89. The van der Waals surface area contributed by atoms with E-state index in [2.05, 4.69) is 4.98 Å². The monoisotopic (exact) mass is 293 g/mol. The topological polar surface area (TPSA) is 62.3 Å². The van der Waals surface area contributed by atoms with Gasteiger partial charge < -0.3 is 19.8 Å². The number of aromatic nitrogens is 2. The van der Waals surface area contributed by atoms with Crippen LogP contribution in [0.25, 0.3) is 0 Å². The van der Waals surface area contributed by atoms with Gasteiger partial charge in [0.1, 0.15) is 0 Å². The van der Waals surface area contributed by atoms with Crippen molar-refractivity contribution in [3.63, 3.8) is 0 Å². The lowest BCUT2D eigenvalue weighted by molar-refractivity contribution is 0.354. The number of aryl methyl sites for hydroxylation is 1. The molecule has 0 bridgehead atoms. The molecule has 20 heavy (non-hydrogen) atoms. The van der Waals surface area contributed by atoms with Crippen LogP contribution in [0.1, 0.15) is 11.6 Å². The molecule has 0 amide bonds. The molecule has 108 valence electrons. The molecule has 0 aliphatic rings. The van der Waals surface area contributed by atoms with Crippen molar-refractivity contribution in [2.45, 2.75) is 11.2 Å². The molecule has 2 aromatic rings. The first kappa shape index (κ1) is 14.7. The van der Waals surface area contributed by atoms with Crippen LogP contribution in [0.5, 0.6) is 11.5 Å². The van der Waals surface area contributed by atoms with Crippen molar-refractivity contribution in [1.29, 1.82) is 0 Å². The zero-order valence-corrected chi connectivity index (χ0v) is 12.7. The fraction of sp³-hybridized carbons (Fsp3) is 0.357. The van der Waals surface area contributed by atoms with Crippen LogP contribution >= 0.6 is 11.8 Å². The normalized spacial score (nSPS) is 12.2. The van der Waals surface area contributed by atoms with Crippen LogP contribution in [0, 0.1) is 0 Å². The fourth-order valence-electron chi connectivity index (χ4n) is 1.84. The molecule has 1 unspecified atom stereocenters. The number of benzene rings is 1. The summed E-state index contributed by atoms with van der Waals surface area (Å²) < 4.78 is 12.5. The van der Waals surface area contributed by atoms with Crippen molar-refractivity contribution in [3.05, 3.63) is 36.2 Å². The van der Waals surface area contributed by atoms with Crippen molar-refractivity contribution in [2.75, 3.05) is 20.0 Å². The minimum absolute atomic E-state index is 0.0866. The smallest absolute Gasteiger partial charge is 0.167 e. The first-order valence-corrected chi connectivity index (χ1v) is 7.22. The average molecular weight is 293 g/mol. The van der Waals surface area contributed by atoms with E-state index in [0.29, 0.717) is 11.5 Å². The highest BCUT2D eigenvalue weighted by molar-refractivity contribution is 7.99. The Bertz CT molecular complexity index is 571. The summed E-state index contributed by atoms with van der Waals surface area (Å²) in [5, 5.41) is 0.959. The molecular formula is C14H19N3O2S. The molecule has 0 fully saturated rings. The maximum Gasteiger partial charge on any atom is 0.167 e. The van der Waals surface area contributed by atoms with Gasteiger partial charge in [-0.25, -0.2) is 4.98 Å². The minimum Gasteiger partial charge on any atom is -0.493 e. The quantitative estimate of drug-likeness (QED) is 0.828. The molecule has 1 aromatic carbocycles. The van der Waals surface area contributed by atoms with Gasteiger partial charge in [-0.2, -0.15) is 0 Å². The predicted molar refractivity (Wildman–Crippen MR) is 80.4 cm³/mol. The molecule has 0 spiro atoms. The molecule has 0 saturated carbocycles. The minimum atomic E-state index is -0.0866. The number of nitrogens with zero attached hydrogens (tertiary/aromatic N) is 2. The van der Waals surface area contributed by atoms with Gasteiger partial charge in [0.25, 0.3) is 0 Å². The van der Waals surface area contributed by atoms with Crippen molar-refractivity contribution in [3.8, 4) is 11.5 Å². The summed E-state index contributed by atoms with van der Waals surface area (Å²) in [5.74, 6) is 2.16. The number of methoxy groups -OCH3 is 2. The maximum absolute atomic E-state index is 6.22. The van der Waals surface area contributed by atoms with Gasteiger partial charge in [-0.1, -0.05) is 17.8 Å². The van der Waals surface area contributed by atoms with Crippen LogP contribution in [0.3, 0.4) is 0 Å². The molecule has 0 aliphatic carbocycles. The SMILES string of the molecule is COc1ccc(C(N)CSc2nccn2C)cc1OC. The van der Waals surface area contributed by atoms with E-state index in [0.717, 1.165) is 16.5 Å². The Labute approximate surface area is 123 Å². The number of ether oxygens (including phenoxy) is 2. The third-order valence-corrected chi connectivity index (χ3v) is 4.18. The molecule has 1 atom stereocenters. The Hall–Kier alpha value is -1.66. The molecule has 2 rings (SSSR count). The summed E-state index contributed by atoms with van der Waals surface area (Å²) in [4.78, 5) is 4.27. The first-order chi connectivity index (χ1) is 9.65. The number of imidazole rings is 1. The zero-order valence-electron chi connectivity index (χ0n) is 11.9. The Morgan fingerprint density at radius 2 is 2.05 bits per heavy atom. The molecule has 6 heteroatoms. The summed E-state index contributed by atoms with van der Waals surface area (Å²) >= 11 is 1.63. The van der Waals surface area contributed by atoms with Crippen molar-refractivity contribution >= 4 is 11.8 Å². The summed E-state index contributed by atoms with van der Waals surface area (Å²) in [6.07, 6.45) is 3.70. The van der Waals surface area contributed by atoms with E-state index in [9.17, 15) is 0 Å².